The quantitative estimate of drug-likeness (QED) is 0.703. The van der Waals surface area contributed by atoms with Crippen molar-refractivity contribution in [3.05, 3.63) is 50.6 Å². The third-order valence-corrected chi connectivity index (χ3v) is 5.70. The molecule has 0 saturated carbocycles. The molecule has 2 rings (SSSR count). The van der Waals surface area contributed by atoms with Crippen molar-refractivity contribution in [3.8, 4) is 0 Å². The first-order valence-electron chi connectivity index (χ1n) is 6.37. The number of hydrogen-bond acceptors (Lipinski definition) is 3. The van der Waals surface area contributed by atoms with Crippen molar-refractivity contribution in [1.82, 2.24) is 5.32 Å². The number of thioether (sulfide) groups is 1. The van der Waals surface area contributed by atoms with Crippen molar-refractivity contribution >= 4 is 39.0 Å². The molecule has 1 atom stereocenters. The van der Waals surface area contributed by atoms with Crippen LogP contribution in [0.2, 0.25) is 0 Å². The number of rotatable bonds is 6. The van der Waals surface area contributed by atoms with Crippen molar-refractivity contribution in [3.63, 3.8) is 0 Å². The lowest BCUT2D eigenvalue weighted by molar-refractivity contribution is 0.597. The molecule has 0 saturated heterocycles. The fraction of sp³-hybridized carbons (Fsp3) is 0.333. The summed E-state index contributed by atoms with van der Waals surface area (Å²) in [7, 11) is 0. The van der Waals surface area contributed by atoms with Crippen LogP contribution >= 0.6 is 39.0 Å². The maximum atomic E-state index is 3.67. The summed E-state index contributed by atoms with van der Waals surface area (Å²) in [6, 6.07) is 11.1. The zero-order valence-electron chi connectivity index (χ0n) is 11.2. The zero-order chi connectivity index (χ0) is 13.7. The third kappa shape index (κ3) is 3.63. The predicted molar refractivity (Wildman–Crippen MR) is 90.4 cm³/mol. The number of thiophene rings is 1. The number of hydrogen-bond donors (Lipinski definition) is 1. The van der Waals surface area contributed by atoms with Crippen molar-refractivity contribution in [2.75, 3.05) is 12.8 Å². The van der Waals surface area contributed by atoms with Crippen LogP contribution in [-0.4, -0.2) is 12.8 Å². The van der Waals surface area contributed by atoms with Crippen LogP contribution in [0.4, 0.5) is 0 Å². The molecule has 0 aliphatic carbocycles. The summed E-state index contributed by atoms with van der Waals surface area (Å²) in [5.41, 5.74) is 1.37. The van der Waals surface area contributed by atoms with Crippen LogP contribution in [0.25, 0.3) is 0 Å². The van der Waals surface area contributed by atoms with Crippen LogP contribution in [-0.2, 0) is 0 Å². The monoisotopic (exact) mass is 355 g/mol. The van der Waals surface area contributed by atoms with Crippen LogP contribution in [0.5, 0.6) is 0 Å². The minimum Gasteiger partial charge on any atom is -0.306 e. The van der Waals surface area contributed by atoms with Gasteiger partial charge in [0.15, 0.2) is 0 Å². The van der Waals surface area contributed by atoms with Gasteiger partial charge in [-0.25, -0.2) is 0 Å². The fourth-order valence-electron chi connectivity index (χ4n) is 2.05. The van der Waals surface area contributed by atoms with E-state index in [4.69, 9.17) is 0 Å². The highest BCUT2D eigenvalue weighted by Gasteiger charge is 2.19. The van der Waals surface area contributed by atoms with E-state index in [1.807, 2.05) is 11.8 Å². The van der Waals surface area contributed by atoms with E-state index >= 15 is 0 Å². The van der Waals surface area contributed by atoms with E-state index in [1.54, 1.807) is 11.3 Å². The Balaban J connectivity index is 2.40. The first-order valence-corrected chi connectivity index (χ1v) is 9.26. The number of benzene rings is 1. The maximum Gasteiger partial charge on any atom is 0.0693 e. The van der Waals surface area contributed by atoms with Gasteiger partial charge in [0.2, 0.25) is 0 Å². The summed E-state index contributed by atoms with van der Waals surface area (Å²) in [6.07, 6.45) is 3.28. The highest BCUT2D eigenvalue weighted by Crippen LogP contribution is 2.36. The Labute approximate surface area is 131 Å². The molecular formula is C15H18BrNS2. The number of nitrogens with one attached hydrogen (secondary N) is 1. The Morgan fingerprint density at radius 2 is 2.11 bits per heavy atom. The summed E-state index contributed by atoms with van der Waals surface area (Å²) < 4.78 is 1.20. The summed E-state index contributed by atoms with van der Waals surface area (Å²) in [4.78, 5) is 2.70. The lowest BCUT2D eigenvalue weighted by atomic mass is 10.1. The molecule has 1 unspecified atom stereocenters. The largest absolute Gasteiger partial charge is 0.306 e. The summed E-state index contributed by atoms with van der Waals surface area (Å²) in [5, 5.41) is 5.81. The second kappa shape index (κ2) is 7.48. The van der Waals surface area contributed by atoms with Gasteiger partial charge in [-0.3, -0.25) is 0 Å². The Morgan fingerprint density at radius 1 is 1.32 bits per heavy atom. The molecule has 0 bridgehead atoms. The summed E-state index contributed by atoms with van der Waals surface area (Å²) in [6.45, 7) is 3.23. The molecule has 1 aromatic carbocycles. The average molecular weight is 356 g/mol. The first kappa shape index (κ1) is 15.1. The first-order chi connectivity index (χ1) is 9.27. The van der Waals surface area contributed by atoms with Crippen molar-refractivity contribution in [2.24, 2.45) is 0 Å². The lowest BCUT2D eigenvalue weighted by Gasteiger charge is -2.21. The van der Waals surface area contributed by atoms with Crippen LogP contribution in [0, 0.1) is 0 Å². The zero-order valence-corrected chi connectivity index (χ0v) is 14.4. The second-order valence-electron chi connectivity index (χ2n) is 4.26. The molecule has 1 heterocycles. The van der Waals surface area contributed by atoms with Crippen molar-refractivity contribution in [2.45, 2.75) is 24.3 Å². The molecule has 0 amide bonds. The Kier molecular flexibility index (Phi) is 5.95. The standard InChI is InChI=1S/C15H18BrNS2/c1-3-9-17-14(15-12(16)8-10-19-15)11-6-4-5-7-13(11)18-2/h4-8,10,14,17H,3,9H2,1-2H3. The molecule has 102 valence electrons. The van der Waals surface area contributed by atoms with E-state index in [9.17, 15) is 0 Å². The molecule has 0 radical (unpaired) electrons. The minimum atomic E-state index is 0.276. The Bertz CT molecular complexity index is 524. The molecule has 4 heteroatoms. The van der Waals surface area contributed by atoms with E-state index in [-0.39, 0.29) is 6.04 Å². The van der Waals surface area contributed by atoms with Gasteiger partial charge in [0, 0.05) is 14.2 Å². The maximum absolute atomic E-state index is 3.67. The molecule has 1 aromatic heterocycles. The summed E-state index contributed by atoms with van der Waals surface area (Å²) >= 11 is 7.28. The van der Waals surface area contributed by atoms with Gasteiger partial charge >= 0.3 is 0 Å². The summed E-state index contributed by atoms with van der Waals surface area (Å²) in [5.74, 6) is 0. The molecule has 0 aliphatic rings. The van der Waals surface area contributed by atoms with Gasteiger partial charge in [-0.1, -0.05) is 25.1 Å². The van der Waals surface area contributed by atoms with Gasteiger partial charge in [-0.15, -0.1) is 23.1 Å². The highest BCUT2D eigenvalue weighted by molar-refractivity contribution is 9.10. The average Bonchev–Trinajstić information content (AvgIpc) is 2.86. The van der Waals surface area contributed by atoms with E-state index in [1.165, 1.54) is 19.8 Å². The van der Waals surface area contributed by atoms with Crippen LogP contribution < -0.4 is 5.32 Å². The van der Waals surface area contributed by atoms with Crippen molar-refractivity contribution in [1.29, 1.82) is 0 Å². The smallest absolute Gasteiger partial charge is 0.0693 e. The van der Waals surface area contributed by atoms with Crippen LogP contribution in [0.1, 0.15) is 29.8 Å². The molecule has 1 N–H and O–H groups in total. The topological polar surface area (TPSA) is 12.0 Å². The minimum absolute atomic E-state index is 0.276. The van der Waals surface area contributed by atoms with Gasteiger partial charge in [-0.05, 0) is 58.2 Å². The molecule has 1 nitrogen and oxygen atoms in total. The third-order valence-electron chi connectivity index (χ3n) is 2.96. The lowest BCUT2D eigenvalue weighted by Crippen LogP contribution is -2.23. The van der Waals surface area contributed by atoms with Gasteiger partial charge in [-0.2, -0.15) is 0 Å². The van der Waals surface area contributed by atoms with E-state index in [2.05, 4.69) is 70.1 Å². The molecule has 19 heavy (non-hydrogen) atoms. The van der Waals surface area contributed by atoms with E-state index < -0.39 is 0 Å². The molecule has 0 fully saturated rings. The van der Waals surface area contributed by atoms with Crippen LogP contribution in [0.15, 0.2) is 45.1 Å². The predicted octanol–water partition coefficient (Wildman–Crippen LogP) is 5.32. The van der Waals surface area contributed by atoms with Gasteiger partial charge < -0.3 is 5.32 Å². The van der Waals surface area contributed by atoms with Gasteiger partial charge in [0.25, 0.3) is 0 Å². The Morgan fingerprint density at radius 3 is 2.74 bits per heavy atom. The van der Waals surface area contributed by atoms with Gasteiger partial charge in [0.05, 0.1) is 6.04 Å². The SMILES string of the molecule is CCCNC(c1ccccc1SC)c1sccc1Br. The van der Waals surface area contributed by atoms with Gasteiger partial charge in [0.1, 0.15) is 0 Å². The molecule has 0 aliphatic heterocycles. The van der Waals surface area contributed by atoms with E-state index in [0.717, 1.165) is 13.0 Å². The van der Waals surface area contributed by atoms with E-state index in [0.29, 0.717) is 0 Å². The molecule has 0 spiro atoms. The van der Waals surface area contributed by atoms with Crippen molar-refractivity contribution < 1.29 is 0 Å². The van der Waals surface area contributed by atoms with Crippen LogP contribution in [0.3, 0.4) is 0 Å². The normalized spacial score (nSPS) is 12.6. The molecule has 2 aromatic rings. The highest BCUT2D eigenvalue weighted by atomic mass is 79.9. The second-order valence-corrected chi connectivity index (χ2v) is 6.91. The fourth-order valence-corrected chi connectivity index (χ4v) is 4.38. The number of halogens is 1. The Hall–Kier alpha value is -0.290. The molecular weight excluding hydrogens is 338 g/mol.